The predicted octanol–water partition coefficient (Wildman–Crippen LogP) is 4.32. The number of nitrogens with zero attached hydrogens (tertiary/aromatic N) is 2. The first-order valence-corrected chi connectivity index (χ1v) is 9.67. The Morgan fingerprint density at radius 2 is 2.13 bits per heavy atom. The molecular formula is C22H18ClFN4O3. The number of benzene rings is 2. The van der Waals surface area contributed by atoms with Crippen LogP contribution in [0.1, 0.15) is 28.3 Å². The summed E-state index contributed by atoms with van der Waals surface area (Å²) in [5.74, 6) is 0.392. The molecule has 4 rings (SSSR count). The molecule has 0 saturated heterocycles. The van der Waals surface area contributed by atoms with Gasteiger partial charge in [-0.05, 0) is 36.8 Å². The maximum Gasteiger partial charge on any atom is 0.244 e. The average molecular weight is 441 g/mol. The molecule has 0 amide bonds. The third-order valence-electron chi connectivity index (χ3n) is 5.05. The van der Waals surface area contributed by atoms with E-state index in [4.69, 9.17) is 31.5 Å². The van der Waals surface area contributed by atoms with Crippen molar-refractivity contribution < 1.29 is 18.6 Å². The Bertz CT molecular complexity index is 1230. The van der Waals surface area contributed by atoms with E-state index in [2.05, 4.69) is 16.3 Å². The largest absolute Gasteiger partial charge is 0.496 e. The molecule has 0 unspecified atom stereocenters. The van der Waals surface area contributed by atoms with Crippen molar-refractivity contribution in [2.24, 2.45) is 5.73 Å². The molecule has 1 atom stereocenters. The molecule has 0 spiro atoms. The van der Waals surface area contributed by atoms with Crippen LogP contribution in [0, 0.1) is 24.1 Å². The average Bonchev–Trinajstić information content (AvgIpc) is 3.13. The minimum Gasteiger partial charge on any atom is -0.496 e. The predicted molar refractivity (Wildman–Crippen MR) is 111 cm³/mol. The van der Waals surface area contributed by atoms with E-state index in [1.165, 1.54) is 18.2 Å². The van der Waals surface area contributed by atoms with E-state index in [-0.39, 0.29) is 17.5 Å². The van der Waals surface area contributed by atoms with Crippen LogP contribution in [0.4, 0.5) is 4.39 Å². The van der Waals surface area contributed by atoms with Crippen LogP contribution >= 0.6 is 11.6 Å². The number of aryl methyl sites for hydroxylation is 1. The molecule has 3 aromatic rings. The standard InChI is InChI=1S/C22H18ClFN4O3/c1-11-19-20(15(9-25)21(26)31-22(19)28-27-11)12-3-6-18(29-2)13(7-12)10-30-14-4-5-17(24)16(23)8-14/h3-8,20H,10,26H2,1-2H3,(H,27,28)/t20-/m0/s1. The molecule has 1 aliphatic rings. The molecule has 0 radical (unpaired) electrons. The van der Waals surface area contributed by atoms with Crippen LogP contribution in [0.2, 0.25) is 5.02 Å². The first-order chi connectivity index (χ1) is 14.9. The van der Waals surface area contributed by atoms with Crippen molar-refractivity contribution in [2.45, 2.75) is 19.4 Å². The van der Waals surface area contributed by atoms with E-state index < -0.39 is 11.7 Å². The van der Waals surface area contributed by atoms with Crippen LogP contribution < -0.4 is 19.9 Å². The number of ether oxygens (including phenoxy) is 3. The van der Waals surface area contributed by atoms with Crippen molar-refractivity contribution in [3.05, 3.63) is 81.1 Å². The first-order valence-electron chi connectivity index (χ1n) is 9.30. The second-order valence-corrected chi connectivity index (χ2v) is 7.34. The normalized spacial score (nSPS) is 15.1. The summed E-state index contributed by atoms with van der Waals surface area (Å²) in [4.78, 5) is 0. The number of hydrogen-bond acceptors (Lipinski definition) is 6. The Balaban J connectivity index is 1.72. The molecule has 0 bridgehead atoms. The smallest absolute Gasteiger partial charge is 0.244 e. The summed E-state index contributed by atoms with van der Waals surface area (Å²) in [5, 5.41) is 16.7. The fraction of sp³-hybridized carbons (Fsp3) is 0.182. The molecule has 2 heterocycles. The first kappa shape index (κ1) is 20.6. The number of rotatable bonds is 5. The van der Waals surface area contributed by atoms with Crippen LogP contribution in [0.3, 0.4) is 0 Å². The van der Waals surface area contributed by atoms with Gasteiger partial charge in [0.05, 0.1) is 18.1 Å². The highest BCUT2D eigenvalue weighted by Crippen LogP contribution is 2.43. The van der Waals surface area contributed by atoms with Gasteiger partial charge in [0, 0.05) is 22.9 Å². The quantitative estimate of drug-likeness (QED) is 0.612. The molecule has 9 heteroatoms. The topological polar surface area (TPSA) is 106 Å². The Kier molecular flexibility index (Phi) is 5.44. The molecule has 31 heavy (non-hydrogen) atoms. The van der Waals surface area contributed by atoms with Gasteiger partial charge in [0.2, 0.25) is 11.8 Å². The minimum absolute atomic E-state index is 0.0149. The van der Waals surface area contributed by atoms with Crippen molar-refractivity contribution in [3.8, 4) is 23.4 Å². The van der Waals surface area contributed by atoms with Crippen LogP contribution in [-0.4, -0.2) is 17.3 Å². The van der Waals surface area contributed by atoms with Gasteiger partial charge in [0.15, 0.2) is 0 Å². The number of H-pyrrole nitrogens is 1. The summed E-state index contributed by atoms with van der Waals surface area (Å²) in [6, 6.07) is 11.8. The highest BCUT2D eigenvalue weighted by molar-refractivity contribution is 6.30. The second-order valence-electron chi connectivity index (χ2n) is 6.93. The summed E-state index contributed by atoms with van der Waals surface area (Å²) < 4.78 is 30.2. The van der Waals surface area contributed by atoms with E-state index in [0.717, 1.165) is 22.4 Å². The molecule has 0 aliphatic carbocycles. The van der Waals surface area contributed by atoms with E-state index in [1.54, 1.807) is 13.2 Å². The number of aromatic amines is 1. The Morgan fingerprint density at radius 1 is 1.32 bits per heavy atom. The highest BCUT2D eigenvalue weighted by atomic mass is 35.5. The van der Waals surface area contributed by atoms with Crippen LogP contribution in [0.5, 0.6) is 17.4 Å². The number of halogens is 2. The lowest BCUT2D eigenvalue weighted by molar-refractivity contribution is 0.296. The van der Waals surface area contributed by atoms with Gasteiger partial charge in [-0.3, -0.25) is 5.10 Å². The SMILES string of the molecule is COc1ccc([C@H]2C(C#N)=C(N)Oc3n[nH]c(C)c32)cc1COc1ccc(F)c(Cl)c1. The van der Waals surface area contributed by atoms with E-state index in [9.17, 15) is 9.65 Å². The number of hydrogen-bond donors (Lipinski definition) is 2. The van der Waals surface area contributed by atoms with Crippen molar-refractivity contribution in [1.29, 1.82) is 5.26 Å². The minimum atomic E-state index is -0.521. The third-order valence-corrected chi connectivity index (χ3v) is 5.34. The summed E-state index contributed by atoms with van der Waals surface area (Å²) in [6.07, 6.45) is 0. The number of allylic oxidation sites excluding steroid dienone is 1. The zero-order valence-electron chi connectivity index (χ0n) is 16.7. The summed E-state index contributed by atoms with van der Waals surface area (Å²) in [5.41, 5.74) is 9.32. The lowest BCUT2D eigenvalue weighted by Crippen LogP contribution is -2.21. The molecule has 3 N–H and O–H groups in total. The highest BCUT2D eigenvalue weighted by Gasteiger charge is 2.34. The molecule has 7 nitrogen and oxygen atoms in total. The molecule has 1 aromatic heterocycles. The maximum absolute atomic E-state index is 13.4. The molecule has 158 valence electrons. The number of aromatic nitrogens is 2. The van der Waals surface area contributed by atoms with Gasteiger partial charge in [0.1, 0.15) is 35.6 Å². The Morgan fingerprint density at radius 3 is 2.84 bits per heavy atom. The van der Waals surface area contributed by atoms with Gasteiger partial charge in [-0.15, -0.1) is 5.10 Å². The van der Waals surface area contributed by atoms with Gasteiger partial charge in [-0.2, -0.15) is 5.26 Å². The molecule has 1 aliphatic heterocycles. The van der Waals surface area contributed by atoms with Gasteiger partial charge in [-0.1, -0.05) is 17.7 Å². The van der Waals surface area contributed by atoms with Crippen molar-refractivity contribution >= 4 is 11.6 Å². The lowest BCUT2D eigenvalue weighted by Gasteiger charge is -2.24. The van der Waals surface area contributed by atoms with Crippen LogP contribution in [0.15, 0.2) is 47.9 Å². The van der Waals surface area contributed by atoms with Crippen LogP contribution in [-0.2, 0) is 6.61 Å². The van der Waals surface area contributed by atoms with Crippen molar-refractivity contribution in [1.82, 2.24) is 10.2 Å². The Labute approximate surface area is 182 Å². The zero-order valence-corrected chi connectivity index (χ0v) is 17.5. The Hall–Kier alpha value is -3.70. The van der Waals surface area contributed by atoms with Crippen molar-refractivity contribution in [3.63, 3.8) is 0 Å². The number of fused-ring (bicyclic) bond motifs is 1. The summed E-state index contributed by atoms with van der Waals surface area (Å²) in [6.45, 7) is 1.99. The summed E-state index contributed by atoms with van der Waals surface area (Å²) >= 11 is 5.83. The number of nitrogens with one attached hydrogen (secondary N) is 1. The monoisotopic (exact) mass is 440 g/mol. The molecule has 0 saturated carbocycles. The number of methoxy groups -OCH3 is 1. The molecular weight excluding hydrogens is 423 g/mol. The summed E-state index contributed by atoms with van der Waals surface area (Å²) in [7, 11) is 1.55. The fourth-order valence-electron chi connectivity index (χ4n) is 3.55. The van der Waals surface area contributed by atoms with Gasteiger partial charge in [0.25, 0.3) is 0 Å². The molecule has 0 fully saturated rings. The van der Waals surface area contributed by atoms with Crippen molar-refractivity contribution in [2.75, 3.05) is 7.11 Å². The second kappa shape index (κ2) is 8.20. The van der Waals surface area contributed by atoms with Gasteiger partial charge < -0.3 is 19.9 Å². The molecule has 2 aromatic carbocycles. The number of nitriles is 1. The van der Waals surface area contributed by atoms with E-state index >= 15 is 0 Å². The van der Waals surface area contributed by atoms with Gasteiger partial charge in [-0.25, -0.2) is 4.39 Å². The van der Waals surface area contributed by atoms with Crippen LogP contribution in [0.25, 0.3) is 0 Å². The van der Waals surface area contributed by atoms with Gasteiger partial charge >= 0.3 is 0 Å². The maximum atomic E-state index is 13.4. The van der Waals surface area contributed by atoms with E-state index in [1.807, 2.05) is 19.1 Å². The zero-order chi connectivity index (χ0) is 22.1. The fourth-order valence-corrected chi connectivity index (χ4v) is 3.72. The lowest BCUT2D eigenvalue weighted by atomic mass is 9.83. The number of nitrogens with two attached hydrogens (primary N) is 1. The third kappa shape index (κ3) is 3.76. The van der Waals surface area contributed by atoms with E-state index in [0.29, 0.717) is 23.0 Å².